The smallest absolute Gasteiger partial charge is 0.355 e. The molecule has 1 heterocycles. The first kappa shape index (κ1) is 19.8. The number of nitrogens with one attached hydrogen (secondary N) is 2. The predicted octanol–water partition coefficient (Wildman–Crippen LogP) is 2.93. The highest BCUT2D eigenvalue weighted by atomic mass is 16.6. The highest BCUT2D eigenvalue weighted by Gasteiger charge is 2.25. The van der Waals surface area contributed by atoms with Crippen LogP contribution in [-0.4, -0.2) is 33.7 Å². The minimum Gasteiger partial charge on any atom is -0.448 e. The average Bonchev–Trinajstić information content (AvgIpc) is 2.89. The van der Waals surface area contributed by atoms with E-state index in [1.807, 2.05) is 0 Å². The van der Waals surface area contributed by atoms with Crippen molar-refractivity contribution in [2.75, 3.05) is 5.32 Å². The molecule has 0 saturated heterocycles. The average molecular weight is 373 g/mol. The van der Waals surface area contributed by atoms with Crippen LogP contribution in [0.5, 0.6) is 0 Å². The summed E-state index contributed by atoms with van der Waals surface area (Å²) in [6.45, 7) is 6.00. The number of Topliss-reactive ketones (excluding diaryl/α,β-unsaturated/α-hetero) is 1. The number of nitro groups is 1. The summed E-state index contributed by atoms with van der Waals surface area (Å²) in [5.74, 6) is -1.71. The van der Waals surface area contributed by atoms with Gasteiger partial charge in [-0.15, -0.1) is 0 Å². The number of carbonyl (C=O) groups is 3. The molecule has 0 bridgehead atoms. The number of ketones is 1. The highest BCUT2D eigenvalue weighted by molar-refractivity contribution is 6.02. The van der Waals surface area contributed by atoms with E-state index in [-0.39, 0.29) is 22.9 Å². The molecule has 1 atom stereocenters. The number of ether oxygens (including phenoxy) is 1. The Morgan fingerprint density at radius 2 is 1.85 bits per heavy atom. The molecule has 1 aromatic heterocycles. The zero-order valence-corrected chi connectivity index (χ0v) is 15.3. The number of nitrogens with zero attached hydrogens (tertiary/aromatic N) is 1. The normalized spacial score (nSPS) is 11.6. The Balaban J connectivity index is 2.13. The van der Waals surface area contributed by atoms with Crippen molar-refractivity contribution in [3.8, 4) is 0 Å². The SMILES string of the molecule is CC(=O)c1c(C)[nH]c(C(=O)O[C@H](C)C(=O)Nc2ccccc2[N+](=O)[O-])c1C. The van der Waals surface area contributed by atoms with E-state index in [9.17, 15) is 24.5 Å². The summed E-state index contributed by atoms with van der Waals surface area (Å²) >= 11 is 0. The van der Waals surface area contributed by atoms with E-state index in [0.29, 0.717) is 16.8 Å². The summed E-state index contributed by atoms with van der Waals surface area (Å²) in [5.41, 5.74) is 1.19. The molecule has 0 unspecified atom stereocenters. The first-order valence-electron chi connectivity index (χ1n) is 8.08. The van der Waals surface area contributed by atoms with E-state index < -0.39 is 22.9 Å². The van der Waals surface area contributed by atoms with Crippen LogP contribution < -0.4 is 5.32 Å². The van der Waals surface area contributed by atoms with E-state index in [1.165, 1.54) is 38.1 Å². The van der Waals surface area contributed by atoms with Crippen molar-refractivity contribution in [2.24, 2.45) is 0 Å². The maximum atomic E-state index is 12.3. The van der Waals surface area contributed by atoms with Gasteiger partial charge in [-0.25, -0.2) is 4.79 Å². The molecule has 1 aromatic carbocycles. The molecule has 0 radical (unpaired) electrons. The molecule has 0 saturated carbocycles. The van der Waals surface area contributed by atoms with Crippen LogP contribution in [0.1, 0.15) is 46.0 Å². The second-order valence-corrected chi connectivity index (χ2v) is 5.99. The first-order valence-corrected chi connectivity index (χ1v) is 8.08. The number of anilines is 1. The number of nitro benzene ring substituents is 1. The van der Waals surface area contributed by atoms with Gasteiger partial charge in [0.1, 0.15) is 11.4 Å². The largest absolute Gasteiger partial charge is 0.448 e. The van der Waals surface area contributed by atoms with Gasteiger partial charge in [0, 0.05) is 17.3 Å². The summed E-state index contributed by atoms with van der Waals surface area (Å²) in [5, 5.41) is 13.4. The fraction of sp³-hybridized carbons (Fsp3) is 0.278. The number of aromatic nitrogens is 1. The topological polar surface area (TPSA) is 131 Å². The number of para-hydroxylation sites is 2. The number of carbonyl (C=O) groups excluding carboxylic acids is 3. The van der Waals surface area contributed by atoms with Gasteiger partial charge in [0.2, 0.25) is 0 Å². The molecule has 0 aliphatic carbocycles. The van der Waals surface area contributed by atoms with Gasteiger partial charge in [-0.1, -0.05) is 12.1 Å². The molecule has 9 heteroatoms. The fourth-order valence-corrected chi connectivity index (χ4v) is 2.73. The minimum absolute atomic E-state index is 0.00108. The molecule has 0 fully saturated rings. The summed E-state index contributed by atoms with van der Waals surface area (Å²) in [7, 11) is 0. The molecule has 2 rings (SSSR count). The number of H-pyrrole nitrogens is 1. The zero-order valence-electron chi connectivity index (χ0n) is 15.3. The molecular formula is C18H19N3O6. The maximum Gasteiger partial charge on any atom is 0.355 e. The summed E-state index contributed by atoms with van der Waals surface area (Å²) in [4.78, 5) is 49.4. The lowest BCUT2D eigenvalue weighted by Crippen LogP contribution is -2.30. The first-order chi connectivity index (χ1) is 12.6. The molecular weight excluding hydrogens is 354 g/mol. The maximum absolute atomic E-state index is 12.3. The number of aryl methyl sites for hydroxylation is 1. The van der Waals surface area contributed by atoms with Crippen molar-refractivity contribution in [2.45, 2.75) is 33.8 Å². The lowest BCUT2D eigenvalue weighted by molar-refractivity contribution is -0.383. The molecule has 142 valence electrons. The third-order valence-corrected chi connectivity index (χ3v) is 4.01. The van der Waals surface area contributed by atoms with E-state index in [4.69, 9.17) is 4.74 Å². The molecule has 0 aliphatic rings. The van der Waals surface area contributed by atoms with Crippen molar-refractivity contribution < 1.29 is 24.0 Å². The van der Waals surface area contributed by atoms with Gasteiger partial charge in [-0.3, -0.25) is 19.7 Å². The lowest BCUT2D eigenvalue weighted by atomic mass is 10.1. The van der Waals surface area contributed by atoms with E-state index in [0.717, 1.165) is 0 Å². The number of benzene rings is 1. The summed E-state index contributed by atoms with van der Waals surface area (Å²) < 4.78 is 5.14. The van der Waals surface area contributed by atoms with Gasteiger partial charge in [0.05, 0.1) is 4.92 Å². The van der Waals surface area contributed by atoms with Gasteiger partial charge < -0.3 is 15.0 Å². The van der Waals surface area contributed by atoms with Crippen LogP contribution in [0.2, 0.25) is 0 Å². The Bertz CT molecular complexity index is 931. The number of hydrogen-bond acceptors (Lipinski definition) is 6. The van der Waals surface area contributed by atoms with Crippen LogP contribution in [0, 0.1) is 24.0 Å². The second-order valence-electron chi connectivity index (χ2n) is 5.99. The number of hydrogen-bond donors (Lipinski definition) is 2. The number of amides is 1. The zero-order chi connectivity index (χ0) is 20.3. The number of rotatable bonds is 6. The van der Waals surface area contributed by atoms with Gasteiger partial charge in [0.15, 0.2) is 11.9 Å². The van der Waals surface area contributed by atoms with Crippen LogP contribution >= 0.6 is 0 Å². The third kappa shape index (κ3) is 4.20. The van der Waals surface area contributed by atoms with Crippen molar-refractivity contribution >= 4 is 29.0 Å². The van der Waals surface area contributed by atoms with Gasteiger partial charge in [-0.2, -0.15) is 0 Å². The van der Waals surface area contributed by atoms with Crippen LogP contribution in [0.25, 0.3) is 0 Å². The molecule has 27 heavy (non-hydrogen) atoms. The van der Waals surface area contributed by atoms with E-state index in [1.54, 1.807) is 13.8 Å². The van der Waals surface area contributed by atoms with Gasteiger partial charge in [-0.05, 0) is 39.3 Å². The Hall–Kier alpha value is -3.49. The van der Waals surface area contributed by atoms with Crippen molar-refractivity contribution in [1.82, 2.24) is 4.98 Å². The summed E-state index contributed by atoms with van der Waals surface area (Å²) in [6.07, 6.45) is -1.21. The van der Waals surface area contributed by atoms with Gasteiger partial charge in [0.25, 0.3) is 11.6 Å². The van der Waals surface area contributed by atoms with E-state index >= 15 is 0 Å². The van der Waals surface area contributed by atoms with E-state index in [2.05, 4.69) is 10.3 Å². The Kier molecular flexibility index (Phi) is 5.74. The van der Waals surface area contributed by atoms with Crippen LogP contribution in [0.15, 0.2) is 24.3 Å². The number of aromatic amines is 1. The standard InChI is InChI=1S/C18H19N3O6/c1-9-15(11(3)22)10(2)19-16(9)18(24)27-12(4)17(23)20-13-7-5-6-8-14(13)21(25)26/h5-8,12,19H,1-4H3,(H,20,23)/t12-/m1/s1. The quantitative estimate of drug-likeness (QED) is 0.346. The monoisotopic (exact) mass is 373 g/mol. The van der Waals surface area contributed by atoms with Crippen molar-refractivity contribution in [3.63, 3.8) is 0 Å². The lowest BCUT2D eigenvalue weighted by Gasteiger charge is -2.13. The molecule has 1 amide bonds. The predicted molar refractivity (Wildman–Crippen MR) is 96.9 cm³/mol. The molecule has 0 spiro atoms. The fourth-order valence-electron chi connectivity index (χ4n) is 2.73. The summed E-state index contributed by atoms with van der Waals surface area (Å²) in [6, 6.07) is 5.64. The Morgan fingerprint density at radius 1 is 1.22 bits per heavy atom. The highest BCUT2D eigenvalue weighted by Crippen LogP contribution is 2.24. The Morgan fingerprint density at radius 3 is 2.41 bits per heavy atom. The minimum atomic E-state index is -1.21. The molecule has 2 N–H and O–H groups in total. The third-order valence-electron chi connectivity index (χ3n) is 4.01. The van der Waals surface area contributed by atoms with Crippen molar-refractivity contribution in [1.29, 1.82) is 0 Å². The molecule has 9 nitrogen and oxygen atoms in total. The molecule has 2 aromatic rings. The second kappa shape index (κ2) is 7.81. The van der Waals surface area contributed by atoms with Crippen LogP contribution in [0.4, 0.5) is 11.4 Å². The number of esters is 1. The molecule has 0 aliphatic heterocycles. The Labute approximate surface area is 154 Å². The van der Waals surface area contributed by atoms with Crippen LogP contribution in [0.3, 0.4) is 0 Å². The van der Waals surface area contributed by atoms with Crippen LogP contribution in [-0.2, 0) is 9.53 Å². The van der Waals surface area contributed by atoms with Gasteiger partial charge >= 0.3 is 5.97 Å². The van der Waals surface area contributed by atoms with Crippen molar-refractivity contribution in [3.05, 3.63) is 56.9 Å².